The van der Waals surface area contributed by atoms with E-state index >= 15 is 0 Å². The van der Waals surface area contributed by atoms with Crippen molar-refractivity contribution < 1.29 is 13.2 Å². The van der Waals surface area contributed by atoms with Crippen molar-refractivity contribution in [2.75, 3.05) is 13.1 Å². The minimum Gasteiger partial charge on any atom is -0.353 e. The quantitative estimate of drug-likeness (QED) is 0.530. The lowest BCUT2D eigenvalue weighted by molar-refractivity contribution is -0.126. The van der Waals surface area contributed by atoms with E-state index in [9.17, 15) is 13.2 Å². The van der Waals surface area contributed by atoms with Gasteiger partial charge in [0.05, 0.1) is 21.8 Å². The van der Waals surface area contributed by atoms with E-state index in [4.69, 9.17) is 0 Å². The van der Waals surface area contributed by atoms with E-state index in [-0.39, 0.29) is 29.3 Å². The molecule has 1 aliphatic heterocycles. The van der Waals surface area contributed by atoms with Crippen LogP contribution in [-0.4, -0.2) is 47.7 Å². The van der Waals surface area contributed by atoms with Crippen LogP contribution in [0.3, 0.4) is 0 Å². The number of hydrogen-bond acceptors (Lipinski definition) is 4. The van der Waals surface area contributed by atoms with Gasteiger partial charge < -0.3 is 10.3 Å². The molecule has 2 heterocycles. The second kappa shape index (κ2) is 10.5. The molecule has 1 saturated heterocycles. The number of carbonyl (C=O) groups is 1. The third kappa shape index (κ3) is 5.43. The normalized spacial score (nSPS) is 20.9. The summed E-state index contributed by atoms with van der Waals surface area (Å²) < 4.78 is 28.5. The van der Waals surface area contributed by atoms with Crippen molar-refractivity contribution in [2.45, 2.75) is 68.7 Å². The average molecular weight is 495 g/mol. The van der Waals surface area contributed by atoms with E-state index in [1.165, 1.54) is 23.6 Å². The first-order valence-electron chi connectivity index (χ1n) is 12.9. The summed E-state index contributed by atoms with van der Waals surface area (Å²) in [6.45, 7) is 0.670. The third-order valence-electron chi connectivity index (χ3n) is 7.34. The van der Waals surface area contributed by atoms with Gasteiger partial charge >= 0.3 is 0 Å². The van der Waals surface area contributed by atoms with Gasteiger partial charge in [-0.05, 0) is 43.9 Å². The van der Waals surface area contributed by atoms with Gasteiger partial charge in [-0.15, -0.1) is 0 Å². The highest BCUT2D eigenvalue weighted by atomic mass is 32.2. The smallest absolute Gasteiger partial charge is 0.243 e. The molecule has 8 heteroatoms. The maximum Gasteiger partial charge on any atom is 0.243 e. The van der Waals surface area contributed by atoms with Crippen LogP contribution < -0.4 is 5.32 Å². The zero-order valence-corrected chi connectivity index (χ0v) is 20.9. The van der Waals surface area contributed by atoms with Crippen molar-refractivity contribution in [2.24, 2.45) is 5.92 Å². The number of aromatic amines is 1. The number of H-pyrrole nitrogens is 1. The molecule has 2 aliphatic rings. The summed E-state index contributed by atoms with van der Waals surface area (Å²) in [6, 6.07) is 15.0. The molecule has 35 heavy (non-hydrogen) atoms. The lowest BCUT2D eigenvalue weighted by Crippen LogP contribution is -2.47. The van der Waals surface area contributed by atoms with Gasteiger partial charge in [-0.2, -0.15) is 4.31 Å². The van der Waals surface area contributed by atoms with Crippen molar-refractivity contribution >= 4 is 27.0 Å². The predicted octanol–water partition coefficient (Wildman–Crippen LogP) is 4.86. The van der Waals surface area contributed by atoms with Crippen LogP contribution in [0.15, 0.2) is 53.4 Å². The molecule has 2 fully saturated rings. The first kappa shape index (κ1) is 24.0. The summed E-state index contributed by atoms with van der Waals surface area (Å²) in [4.78, 5) is 21.1. The zero-order valence-electron chi connectivity index (χ0n) is 20.1. The van der Waals surface area contributed by atoms with E-state index < -0.39 is 10.0 Å². The summed E-state index contributed by atoms with van der Waals surface area (Å²) in [6.07, 6.45) is 9.51. The fraction of sp³-hybridized carbons (Fsp3) is 0.481. The van der Waals surface area contributed by atoms with Crippen molar-refractivity contribution in [3.63, 3.8) is 0 Å². The van der Waals surface area contributed by atoms with E-state index in [1.807, 2.05) is 30.3 Å². The topological polar surface area (TPSA) is 95.2 Å². The Morgan fingerprint density at radius 2 is 1.69 bits per heavy atom. The molecule has 1 aliphatic carbocycles. The number of hydrogen-bond donors (Lipinski definition) is 2. The molecule has 1 atom stereocenters. The van der Waals surface area contributed by atoms with Gasteiger partial charge in [0.2, 0.25) is 15.9 Å². The second-order valence-corrected chi connectivity index (χ2v) is 11.8. The number of piperidine rings is 1. The maximum atomic E-state index is 13.5. The molecule has 0 spiro atoms. The fourth-order valence-electron chi connectivity index (χ4n) is 5.33. The highest BCUT2D eigenvalue weighted by Crippen LogP contribution is 2.28. The second-order valence-electron chi connectivity index (χ2n) is 9.88. The molecule has 0 bridgehead atoms. The summed E-state index contributed by atoms with van der Waals surface area (Å²) in [5.74, 6) is 0.413. The number of carbonyl (C=O) groups excluding carboxylic acids is 1. The molecule has 2 N–H and O–H groups in total. The Balaban J connectivity index is 1.30. The largest absolute Gasteiger partial charge is 0.353 e. The highest BCUT2D eigenvalue weighted by Gasteiger charge is 2.34. The molecule has 1 saturated carbocycles. The number of rotatable bonds is 5. The van der Waals surface area contributed by atoms with Crippen LogP contribution in [-0.2, 0) is 14.8 Å². The number of aromatic nitrogens is 2. The number of benzene rings is 2. The number of sulfonamides is 1. The minimum absolute atomic E-state index is 0.00648. The Kier molecular flexibility index (Phi) is 7.20. The summed E-state index contributed by atoms with van der Waals surface area (Å²) >= 11 is 0. The SMILES string of the molecule is O=C(NC1CCCCCCC1)[C@@H]1CCCN(S(=O)(=O)c2ccc3nc(-c4ccccc4)[nH]c3c2)C1. The Morgan fingerprint density at radius 3 is 2.46 bits per heavy atom. The standard InChI is InChI=1S/C27H34N4O3S/c32-27(28-22-13-7-2-1-3-8-14-22)21-12-9-17-31(19-21)35(33,34)23-15-16-24-25(18-23)30-26(29-24)20-10-5-4-6-11-20/h4-6,10-11,15-16,18,21-22H,1-3,7-9,12-14,17,19H2,(H,28,32)(H,29,30)/t21-/m1/s1. The number of imidazole rings is 1. The van der Waals surface area contributed by atoms with Crippen molar-refractivity contribution in [3.8, 4) is 11.4 Å². The van der Waals surface area contributed by atoms with E-state index in [2.05, 4.69) is 15.3 Å². The molecule has 1 amide bonds. The van der Waals surface area contributed by atoms with Crippen LogP contribution in [0.2, 0.25) is 0 Å². The number of nitrogens with one attached hydrogen (secondary N) is 2. The number of nitrogens with zero attached hydrogens (tertiary/aromatic N) is 2. The molecule has 186 valence electrons. The minimum atomic E-state index is -3.71. The lowest BCUT2D eigenvalue weighted by atomic mass is 9.94. The van der Waals surface area contributed by atoms with E-state index in [0.29, 0.717) is 24.3 Å². The van der Waals surface area contributed by atoms with Crippen molar-refractivity contribution in [1.29, 1.82) is 0 Å². The Morgan fingerprint density at radius 1 is 0.943 bits per heavy atom. The molecule has 2 aromatic carbocycles. The van der Waals surface area contributed by atoms with Crippen LogP contribution in [0.5, 0.6) is 0 Å². The monoisotopic (exact) mass is 494 g/mol. The molecule has 0 radical (unpaired) electrons. The molecule has 3 aromatic rings. The van der Waals surface area contributed by atoms with Gasteiger partial charge in [0.1, 0.15) is 5.82 Å². The average Bonchev–Trinajstić information content (AvgIpc) is 3.30. The lowest BCUT2D eigenvalue weighted by Gasteiger charge is -2.32. The molecule has 5 rings (SSSR count). The molecule has 7 nitrogen and oxygen atoms in total. The number of amides is 1. The molecule has 1 aromatic heterocycles. The van der Waals surface area contributed by atoms with Gasteiger partial charge in [0, 0.05) is 24.7 Å². The third-order valence-corrected chi connectivity index (χ3v) is 9.21. The van der Waals surface area contributed by atoms with E-state index in [0.717, 1.165) is 43.2 Å². The van der Waals surface area contributed by atoms with Crippen LogP contribution in [0.1, 0.15) is 57.8 Å². The Labute approximate surface area is 207 Å². The molecular formula is C27H34N4O3S. The van der Waals surface area contributed by atoms with Crippen molar-refractivity contribution in [1.82, 2.24) is 19.6 Å². The van der Waals surface area contributed by atoms with Gasteiger partial charge in [0.15, 0.2) is 0 Å². The number of fused-ring (bicyclic) bond motifs is 1. The predicted molar refractivity (Wildman–Crippen MR) is 137 cm³/mol. The maximum absolute atomic E-state index is 13.5. The van der Waals surface area contributed by atoms with Gasteiger partial charge in [0.25, 0.3) is 0 Å². The van der Waals surface area contributed by atoms with Crippen LogP contribution >= 0.6 is 0 Å². The van der Waals surface area contributed by atoms with Crippen molar-refractivity contribution in [3.05, 3.63) is 48.5 Å². The first-order valence-corrected chi connectivity index (χ1v) is 14.3. The first-order chi connectivity index (χ1) is 17.0. The highest BCUT2D eigenvalue weighted by molar-refractivity contribution is 7.89. The Bertz CT molecular complexity index is 1260. The molecular weight excluding hydrogens is 460 g/mol. The Hall–Kier alpha value is -2.71. The summed E-state index contributed by atoms with van der Waals surface area (Å²) in [5.41, 5.74) is 2.35. The molecule has 0 unspecified atom stereocenters. The van der Waals surface area contributed by atoms with Crippen LogP contribution in [0, 0.1) is 5.92 Å². The van der Waals surface area contributed by atoms with Gasteiger partial charge in [-0.25, -0.2) is 13.4 Å². The zero-order chi connectivity index (χ0) is 24.3. The summed E-state index contributed by atoms with van der Waals surface area (Å²) in [7, 11) is -3.71. The fourth-order valence-corrected chi connectivity index (χ4v) is 6.88. The van der Waals surface area contributed by atoms with Gasteiger partial charge in [-0.1, -0.05) is 62.4 Å². The summed E-state index contributed by atoms with van der Waals surface area (Å²) in [5, 5.41) is 3.24. The van der Waals surface area contributed by atoms with Crippen LogP contribution in [0.25, 0.3) is 22.4 Å². The van der Waals surface area contributed by atoms with Gasteiger partial charge in [-0.3, -0.25) is 4.79 Å². The van der Waals surface area contributed by atoms with Crippen LogP contribution in [0.4, 0.5) is 0 Å². The van der Waals surface area contributed by atoms with E-state index in [1.54, 1.807) is 18.2 Å².